The number of nitrogens with zero attached hydrogens (tertiary/aromatic N) is 1. The molecule has 1 aliphatic heterocycles. The molecule has 2 aromatic rings. The number of aryl methyl sites for hydroxylation is 1. The van der Waals surface area contributed by atoms with Crippen LogP contribution in [-0.4, -0.2) is 32.3 Å². The maximum absolute atomic E-state index is 12.7. The molecule has 0 aromatic heterocycles. The summed E-state index contributed by atoms with van der Waals surface area (Å²) >= 11 is 0. The summed E-state index contributed by atoms with van der Waals surface area (Å²) in [7, 11) is -3.75. The number of rotatable bonds is 5. The molecule has 0 bridgehead atoms. The fraction of sp³-hybridized carbons (Fsp3) is 0.381. The van der Waals surface area contributed by atoms with Crippen LogP contribution >= 0.6 is 0 Å². The lowest BCUT2D eigenvalue weighted by Gasteiger charge is -2.30. The van der Waals surface area contributed by atoms with Crippen LogP contribution in [0.2, 0.25) is 0 Å². The number of anilines is 1. The monoisotopic (exact) mass is 386 g/mol. The first-order valence-electron chi connectivity index (χ1n) is 9.40. The second-order valence-electron chi connectivity index (χ2n) is 7.16. The summed E-state index contributed by atoms with van der Waals surface area (Å²) in [6.45, 7) is 5.68. The van der Waals surface area contributed by atoms with Crippen LogP contribution in [0.3, 0.4) is 0 Å². The van der Waals surface area contributed by atoms with Gasteiger partial charge in [-0.05, 0) is 61.1 Å². The second kappa shape index (κ2) is 8.13. The Kier molecular flexibility index (Phi) is 5.85. The van der Waals surface area contributed by atoms with Crippen molar-refractivity contribution in [3.63, 3.8) is 0 Å². The number of carbonyl (C=O) groups is 1. The molecule has 27 heavy (non-hydrogen) atoms. The molecule has 1 saturated heterocycles. The molecule has 0 unspecified atom stereocenters. The van der Waals surface area contributed by atoms with Crippen LogP contribution in [0.15, 0.2) is 53.4 Å². The number of amides is 1. The van der Waals surface area contributed by atoms with Gasteiger partial charge in [0, 0.05) is 24.3 Å². The normalized spacial score (nSPS) is 15.6. The maximum Gasteiger partial charge on any atom is 0.261 e. The Bertz CT molecular complexity index is 899. The quantitative estimate of drug-likeness (QED) is 0.847. The molecule has 0 spiro atoms. The Morgan fingerprint density at radius 2 is 1.78 bits per heavy atom. The van der Waals surface area contributed by atoms with Crippen LogP contribution in [-0.2, 0) is 16.4 Å². The highest BCUT2D eigenvalue weighted by Gasteiger charge is 2.23. The number of benzene rings is 2. The van der Waals surface area contributed by atoms with Crippen LogP contribution in [0.25, 0.3) is 0 Å². The zero-order valence-corrected chi connectivity index (χ0v) is 16.6. The molecule has 6 heteroatoms. The van der Waals surface area contributed by atoms with Crippen molar-refractivity contribution in [2.45, 2.75) is 38.0 Å². The van der Waals surface area contributed by atoms with E-state index in [-0.39, 0.29) is 10.8 Å². The van der Waals surface area contributed by atoms with Crippen LogP contribution < -0.4 is 4.72 Å². The van der Waals surface area contributed by atoms with E-state index in [0.29, 0.717) is 17.2 Å². The predicted octanol–water partition coefficient (Wildman–Crippen LogP) is 3.92. The molecular formula is C21H26N2O3S. The number of carbonyl (C=O) groups excluding carboxylic acids is 1. The minimum Gasteiger partial charge on any atom is -0.339 e. The highest BCUT2D eigenvalue weighted by Crippen LogP contribution is 2.21. The molecular weight excluding hydrogens is 360 g/mol. The van der Waals surface area contributed by atoms with Gasteiger partial charge in [-0.25, -0.2) is 8.42 Å². The van der Waals surface area contributed by atoms with Gasteiger partial charge in [0.2, 0.25) is 0 Å². The number of hydrogen-bond acceptors (Lipinski definition) is 3. The molecule has 1 aliphatic rings. The van der Waals surface area contributed by atoms with Crippen molar-refractivity contribution in [1.29, 1.82) is 0 Å². The second-order valence-corrected chi connectivity index (χ2v) is 8.84. The molecule has 1 amide bonds. The van der Waals surface area contributed by atoms with E-state index in [1.807, 2.05) is 24.0 Å². The summed E-state index contributed by atoms with van der Waals surface area (Å²) in [5.41, 5.74) is 2.06. The molecule has 2 aromatic carbocycles. The minimum absolute atomic E-state index is 0.0956. The number of nitrogens with one attached hydrogen (secondary N) is 1. The molecule has 3 rings (SSSR count). The van der Waals surface area contributed by atoms with E-state index >= 15 is 0 Å². The number of piperidine rings is 1. The van der Waals surface area contributed by atoms with Crippen molar-refractivity contribution < 1.29 is 13.2 Å². The average Bonchev–Trinajstić information content (AvgIpc) is 2.68. The Balaban J connectivity index is 1.77. The lowest BCUT2D eigenvalue weighted by atomic mass is 9.98. The van der Waals surface area contributed by atoms with Gasteiger partial charge in [-0.3, -0.25) is 9.52 Å². The molecule has 0 saturated carbocycles. The van der Waals surface area contributed by atoms with E-state index in [2.05, 4.69) is 11.6 Å². The number of sulfonamides is 1. The minimum atomic E-state index is -3.75. The number of hydrogen-bond donors (Lipinski definition) is 1. The maximum atomic E-state index is 12.7. The molecule has 5 nitrogen and oxygen atoms in total. The summed E-state index contributed by atoms with van der Waals surface area (Å²) < 4.78 is 28.0. The van der Waals surface area contributed by atoms with Crippen molar-refractivity contribution in [3.8, 4) is 0 Å². The summed E-state index contributed by atoms with van der Waals surface area (Å²) in [6, 6.07) is 13.6. The van der Waals surface area contributed by atoms with Crippen molar-refractivity contribution in [2.24, 2.45) is 5.92 Å². The molecule has 1 fully saturated rings. The average molecular weight is 387 g/mol. The smallest absolute Gasteiger partial charge is 0.261 e. The summed E-state index contributed by atoms with van der Waals surface area (Å²) in [5, 5.41) is 0. The summed E-state index contributed by atoms with van der Waals surface area (Å²) in [6.07, 6.45) is 2.87. The lowest BCUT2D eigenvalue weighted by Crippen LogP contribution is -2.37. The van der Waals surface area contributed by atoms with Crippen molar-refractivity contribution in [1.82, 2.24) is 4.90 Å². The number of likely N-dealkylation sites (tertiary alicyclic amines) is 1. The molecule has 0 atom stereocenters. The third-order valence-corrected chi connectivity index (χ3v) is 6.46. The molecule has 1 heterocycles. The lowest BCUT2D eigenvalue weighted by molar-refractivity contribution is 0.0697. The van der Waals surface area contributed by atoms with Crippen molar-refractivity contribution in [2.75, 3.05) is 17.8 Å². The predicted molar refractivity (Wildman–Crippen MR) is 107 cm³/mol. The fourth-order valence-electron chi connectivity index (χ4n) is 3.21. The largest absolute Gasteiger partial charge is 0.339 e. The van der Waals surface area contributed by atoms with Gasteiger partial charge in [0.1, 0.15) is 0 Å². The first kappa shape index (κ1) is 19.4. The zero-order valence-electron chi connectivity index (χ0n) is 15.8. The molecule has 0 aliphatic carbocycles. The summed E-state index contributed by atoms with van der Waals surface area (Å²) in [5.74, 6) is 0.523. The Hall–Kier alpha value is -2.34. The Morgan fingerprint density at radius 3 is 2.41 bits per heavy atom. The van der Waals surface area contributed by atoms with Gasteiger partial charge in [-0.15, -0.1) is 0 Å². The van der Waals surface area contributed by atoms with Gasteiger partial charge in [0.15, 0.2) is 0 Å². The van der Waals surface area contributed by atoms with E-state index in [0.717, 1.165) is 37.9 Å². The van der Waals surface area contributed by atoms with Gasteiger partial charge in [-0.1, -0.05) is 32.0 Å². The third kappa shape index (κ3) is 4.69. The van der Waals surface area contributed by atoms with Gasteiger partial charge >= 0.3 is 0 Å². The standard InChI is InChI=1S/C21H26N2O3S/c1-3-17-7-9-19(10-8-17)22-27(25,26)20-6-4-5-18(15-20)21(24)23-13-11-16(2)12-14-23/h4-10,15-16,22H,3,11-14H2,1-2H3. The third-order valence-electron chi connectivity index (χ3n) is 5.08. The van der Waals surface area contributed by atoms with E-state index in [9.17, 15) is 13.2 Å². The van der Waals surface area contributed by atoms with Gasteiger partial charge in [0.05, 0.1) is 4.90 Å². The van der Waals surface area contributed by atoms with Crippen LogP contribution in [0.5, 0.6) is 0 Å². The van der Waals surface area contributed by atoms with Gasteiger partial charge in [-0.2, -0.15) is 0 Å². The van der Waals surface area contributed by atoms with Crippen LogP contribution in [0.1, 0.15) is 42.6 Å². The van der Waals surface area contributed by atoms with E-state index in [1.54, 1.807) is 24.3 Å². The van der Waals surface area contributed by atoms with E-state index in [4.69, 9.17) is 0 Å². The van der Waals surface area contributed by atoms with Crippen molar-refractivity contribution in [3.05, 3.63) is 59.7 Å². The SMILES string of the molecule is CCc1ccc(NS(=O)(=O)c2cccc(C(=O)N3CCC(C)CC3)c2)cc1. The topological polar surface area (TPSA) is 66.5 Å². The van der Waals surface area contributed by atoms with E-state index < -0.39 is 10.0 Å². The zero-order chi connectivity index (χ0) is 19.4. The fourth-order valence-corrected chi connectivity index (χ4v) is 4.32. The molecule has 144 valence electrons. The van der Waals surface area contributed by atoms with Gasteiger partial charge < -0.3 is 4.90 Å². The van der Waals surface area contributed by atoms with E-state index in [1.165, 1.54) is 12.1 Å². The molecule has 1 N–H and O–H groups in total. The van der Waals surface area contributed by atoms with Crippen molar-refractivity contribution >= 4 is 21.6 Å². The Labute approximate surface area is 161 Å². The first-order valence-corrected chi connectivity index (χ1v) is 10.9. The first-order chi connectivity index (χ1) is 12.9. The highest BCUT2D eigenvalue weighted by atomic mass is 32.2. The van der Waals surface area contributed by atoms with Gasteiger partial charge in [0.25, 0.3) is 15.9 Å². The summed E-state index contributed by atoms with van der Waals surface area (Å²) in [4.78, 5) is 14.6. The van der Waals surface area contributed by atoms with Crippen LogP contribution in [0.4, 0.5) is 5.69 Å². The highest BCUT2D eigenvalue weighted by molar-refractivity contribution is 7.92. The Morgan fingerprint density at radius 1 is 1.11 bits per heavy atom. The molecule has 0 radical (unpaired) electrons. The van der Waals surface area contributed by atoms with Crippen LogP contribution in [0, 0.1) is 5.92 Å².